The number of carbonyl (C=O) groups is 2. The zero-order valence-corrected chi connectivity index (χ0v) is 18.6. The molecule has 1 aliphatic rings. The van der Waals surface area contributed by atoms with Crippen molar-refractivity contribution in [3.05, 3.63) is 29.8 Å². The van der Waals surface area contributed by atoms with Gasteiger partial charge in [-0.15, -0.1) is 10.2 Å². The van der Waals surface area contributed by atoms with E-state index in [-0.39, 0.29) is 32.9 Å². The highest BCUT2D eigenvalue weighted by molar-refractivity contribution is 7.94. The maximum Gasteiger partial charge on any atom is 0.291 e. The monoisotopic (exact) mass is 451 g/mol. The highest BCUT2D eigenvalue weighted by Gasteiger charge is 2.25. The Morgan fingerprint density at radius 2 is 1.73 bits per heavy atom. The molecule has 0 unspecified atom stereocenters. The molecule has 9 nitrogen and oxygen atoms in total. The normalized spacial score (nSPS) is 15.0. The van der Waals surface area contributed by atoms with E-state index >= 15 is 0 Å². The third-order valence-corrected chi connectivity index (χ3v) is 7.26. The smallest absolute Gasteiger partial charge is 0.291 e. The fraction of sp³-hybridized carbons (Fsp3) is 0.474. The Hall–Kier alpha value is -2.53. The molecule has 1 saturated heterocycles. The number of nitrogens with zero attached hydrogens (tertiary/aromatic N) is 3. The lowest BCUT2D eigenvalue weighted by atomic mass is 10.1. The second-order valence-electron chi connectivity index (χ2n) is 7.37. The van der Waals surface area contributed by atoms with Crippen LogP contribution in [0.2, 0.25) is 0 Å². The van der Waals surface area contributed by atoms with Crippen molar-refractivity contribution in [1.29, 1.82) is 0 Å². The number of sulfonamides is 1. The number of likely N-dealkylation sites (tertiary alicyclic amines) is 1. The van der Waals surface area contributed by atoms with Crippen LogP contribution in [0.4, 0.5) is 10.8 Å². The quantitative estimate of drug-likeness (QED) is 0.651. The molecule has 2 aromatic rings. The zero-order valence-electron chi connectivity index (χ0n) is 16.9. The lowest BCUT2D eigenvalue weighted by Crippen LogP contribution is -2.32. The van der Waals surface area contributed by atoms with Crippen LogP contribution in [-0.4, -0.2) is 48.4 Å². The van der Waals surface area contributed by atoms with Gasteiger partial charge in [0, 0.05) is 19.0 Å². The molecule has 2 amide bonds. The summed E-state index contributed by atoms with van der Waals surface area (Å²) in [5.74, 6) is -0.752. The molecule has 2 heterocycles. The maximum atomic E-state index is 13.0. The van der Waals surface area contributed by atoms with Gasteiger partial charge >= 0.3 is 0 Å². The number of anilines is 2. The lowest BCUT2D eigenvalue weighted by Gasteiger charge is -2.22. The Kier molecular flexibility index (Phi) is 7.03. The summed E-state index contributed by atoms with van der Waals surface area (Å²) in [5.41, 5.74) is 0.482. The van der Waals surface area contributed by atoms with E-state index in [0.29, 0.717) is 18.7 Å². The van der Waals surface area contributed by atoms with Crippen molar-refractivity contribution in [3.63, 3.8) is 0 Å². The summed E-state index contributed by atoms with van der Waals surface area (Å²) in [7, 11) is -4.07. The van der Waals surface area contributed by atoms with Crippen molar-refractivity contribution in [3.8, 4) is 0 Å². The van der Waals surface area contributed by atoms with Gasteiger partial charge in [-0.3, -0.25) is 14.3 Å². The Morgan fingerprint density at radius 1 is 1.07 bits per heavy atom. The van der Waals surface area contributed by atoms with Gasteiger partial charge in [-0.2, -0.15) is 8.42 Å². The van der Waals surface area contributed by atoms with Crippen LogP contribution in [-0.2, 0) is 14.8 Å². The first-order valence-electron chi connectivity index (χ1n) is 9.83. The van der Waals surface area contributed by atoms with E-state index in [1.165, 1.54) is 0 Å². The van der Waals surface area contributed by atoms with Gasteiger partial charge < -0.3 is 10.2 Å². The lowest BCUT2D eigenvalue weighted by molar-refractivity contribution is -0.118. The molecule has 11 heteroatoms. The van der Waals surface area contributed by atoms with E-state index in [2.05, 4.69) is 20.2 Å². The van der Waals surface area contributed by atoms with Crippen LogP contribution in [0.3, 0.4) is 0 Å². The highest BCUT2D eigenvalue weighted by Crippen LogP contribution is 2.26. The van der Waals surface area contributed by atoms with Crippen molar-refractivity contribution >= 4 is 44.0 Å². The van der Waals surface area contributed by atoms with E-state index in [4.69, 9.17) is 0 Å². The third-order valence-electron chi connectivity index (χ3n) is 4.69. The van der Waals surface area contributed by atoms with E-state index in [0.717, 1.165) is 37.0 Å². The van der Waals surface area contributed by atoms with Gasteiger partial charge in [0.1, 0.15) is 0 Å². The van der Waals surface area contributed by atoms with E-state index in [9.17, 15) is 18.0 Å². The van der Waals surface area contributed by atoms with Gasteiger partial charge in [-0.25, -0.2) is 0 Å². The number of carbonyl (C=O) groups excluding carboxylic acids is 2. The first kappa shape index (κ1) is 22.2. The Labute approximate surface area is 179 Å². The molecule has 2 N–H and O–H groups in total. The van der Waals surface area contributed by atoms with Gasteiger partial charge in [0.25, 0.3) is 20.3 Å². The standard InChI is InChI=1S/C19H25N5O4S2/c1-13(2)16(25)20-18-21-22-19(29-18)30(27,28)23-15-10-6-5-9-14(15)17(26)24-11-7-3-4-8-12-24/h5-6,9-10,13,23H,3-4,7-8,11-12H2,1-2H3,(H,20,21,25). The van der Waals surface area contributed by atoms with Crippen LogP contribution >= 0.6 is 11.3 Å². The van der Waals surface area contributed by atoms with Crippen molar-refractivity contribution in [2.45, 2.75) is 43.9 Å². The molecule has 162 valence electrons. The molecule has 0 radical (unpaired) electrons. The molecule has 0 spiro atoms. The Bertz CT molecular complexity index is 1010. The van der Waals surface area contributed by atoms with Gasteiger partial charge in [0.2, 0.25) is 11.0 Å². The molecule has 1 aromatic heterocycles. The molecule has 1 fully saturated rings. The molecular weight excluding hydrogens is 426 g/mol. The first-order chi connectivity index (χ1) is 14.3. The second kappa shape index (κ2) is 9.52. The number of benzene rings is 1. The number of amides is 2. The summed E-state index contributed by atoms with van der Waals surface area (Å²) >= 11 is 0.750. The summed E-state index contributed by atoms with van der Waals surface area (Å²) in [5, 5.41) is 10.0. The summed E-state index contributed by atoms with van der Waals surface area (Å²) in [6, 6.07) is 6.52. The summed E-state index contributed by atoms with van der Waals surface area (Å²) < 4.78 is 27.8. The molecule has 1 aliphatic heterocycles. The zero-order chi connectivity index (χ0) is 21.7. The molecule has 0 aliphatic carbocycles. The van der Waals surface area contributed by atoms with E-state index in [1.807, 2.05) is 0 Å². The van der Waals surface area contributed by atoms with Gasteiger partial charge in [-0.05, 0) is 25.0 Å². The number of nitrogens with one attached hydrogen (secondary N) is 2. The average Bonchev–Trinajstić information content (AvgIpc) is 3.01. The summed E-state index contributed by atoms with van der Waals surface area (Å²) in [4.78, 5) is 26.5. The minimum Gasteiger partial charge on any atom is -0.339 e. The molecule has 30 heavy (non-hydrogen) atoms. The second-order valence-corrected chi connectivity index (χ2v) is 10.2. The number of rotatable bonds is 6. The van der Waals surface area contributed by atoms with Crippen LogP contribution in [0.25, 0.3) is 0 Å². The van der Waals surface area contributed by atoms with Crippen molar-refractivity contribution in [2.75, 3.05) is 23.1 Å². The topological polar surface area (TPSA) is 121 Å². The SMILES string of the molecule is CC(C)C(=O)Nc1nnc(S(=O)(=O)Nc2ccccc2C(=O)N2CCCCCC2)s1. The molecule has 3 rings (SSSR count). The Balaban J connectivity index is 1.80. The molecule has 1 aromatic carbocycles. The van der Waals surface area contributed by atoms with E-state index < -0.39 is 10.0 Å². The maximum absolute atomic E-state index is 13.0. The fourth-order valence-corrected chi connectivity index (χ4v) is 4.99. The largest absolute Gasteiger partial charge is 0.339 e. The number of aromatic nitrogens is 2. The Morgan fingerprint density at radius 3 is 2.40 bits per heavy atom. The summed E-state index contributed by atoms with van der Waals surface area (Å²) in [6.45, 7) is 4.76. The predicted molar refractivity (Wildman–Crippen MR) is 115 cm³/mol. The predicted octanol–water partition coefficient (Wildman–Crippen LogP) is 2.95. The fourth-order valence-electron chi connectivity index (χ4n) is 3.01. The van der Waals surface area contributed by atoms with Gasteiger partial charge in [-0.1, -0.05) is 50.2 Å². The first-order valence-corrected chi connectivity index (χ1v) is 12.1. The van der Waals surface area contributed by atoms with Crippen LogP contribution in [0.15, 0.2) is 28.6 Å². The molecule has 0 atom stereocenters. The molecule has 0 bridgehead atoms. The van der Waals surface area contributed by atoms with Gasteiger partial charge in [0.05, 0.1) is 11.3 Å². The molecular formula is C19H25N5O4S2. The third kappa shape index (κ3) is 5.33. The highest BCUT2D eigenvalue weighted by atomic mass is 32.2. The van der Waals surface area contributed by atoms with Gasteiger partial charge in [0.15, 0.2) is 0 Å². The van der Waals surface area contributed by atoms with Crippen LogP contribution in [0.5, 0.6) is 0 Å². The van der Waals surface area contributed by atoms with Crippen LogP contribution in [0.1, 0.15) is 49.9 Å². The number of hydrogen-bond acceptors (Lipinski definition) is 7. The van der Waals surface area contributed by atoms with Crippen LogP contribution < -0.4 is 10.0 Å². The molecule has 0 saturated carbocycles. The van der Waals surface area contributed by atoms with Crippen LogP contribution in [0, 0.1) is 5.92 Å². The average molecular weight is 452 g/mol. The van der Waals surface area contributed by atoms with Crippen molar-refractivity contribution < 1.29 is 18.0 Å². The summed E-state index contributed by atoms with van der Waals surface area (Å²) in [6.07, 6.45) is 4.06. The minimum absolute atomic E-state index is 0.100. The van der Waals surface area contributed by atoms with E-state index in [1.54, 1.807) is 43.0 Å². The van der Waals surface area contributed by atoms with Crippen molar-refractivity contribution in [1.82, 2.24) is 15.1 Å². The minimum atomic E-state index is -4.07. The van der Waals surface area contributed by atoms with Crippen molar-refractivity contribution in [2.24, 2.45) is 5.92 Å². The number of para-hydroxylation sites is 1. The number of hydrogen-bond donors (Lipinski definition) is 2.